The molecule has 3 aromatic rings. The zero-order valence-corrected chi connectivity index (χ0v) is 18.6. The van der Waals surface area contributed by atoms with Crippen molar-refractivity contribution in [1.29, 1.82) is 0 Å². The molecule has 3 heterocycles. The molecule has 1 aromatic carbocycles. The van der Waals surface area contributed by atoms with Crippen molar-refractivity contribution in [3.63, 3.8) is 0 Å². The fourth-order valence-corrected chi connectivity index (χ4v) is 5.97. The van der Waals surface area contributed by atoms with Crippen LogP contribution < -0.4 is 5.56 Å². The maximum Gasteiger partial charge on any atom is 0.262 e. The molecule has 0 aliphatic carbocycles. The fraction of sp³-hybridized carbons (Fsp3) is 0.409. The molecule has 0 saturated carbocycles. The molecule has 1 aliphatic heterocycles. The second-order valence-corrected chi connectivity index (χ2v) is 9.47. The third-order valence-corrected chi connectivity index (χ3v) is 7.35. The summed E-state index contributed by atoms with van der Waals surface area (Å²) in [7, 11) is 0. The fourth-order valence-electron chi connectivity index (χ4n) is 4.03. The van der Waals surface area contributed by atoms with E-state index in [4.69, 9.17) is 4.98 Å². The Balaban J connectivity index is 1.59. The molecular formula is C22H25N3O2S2. The molecule has 0 fully saturated rings. The Morgan fingerprint density at radius 1 is 1.31 bits per heavy atom. The molecule has 152 valence electrons. The molecule has 4 rings (SSSR count). The van der Waals surface area contributed by atoms with Crippen LogP contribution in [0.3, 0.4) is 0 Å². The highest BCUT2D eigenvalue weighted by Crippen LogP contribution is 2.35. The van der Waals surface area contributed by atoms with Gasteiger partial charge >= 0.3 is 0 Å². The van der Waals surface area contributed by atoms with Crippen LogP contribution in [0.4, 0.5) is 0 Å². The maximum absolute atomic E-state index is 13.1. The highest BCUT2D eigenvalue weighted by Gasteiger charge is 2.30. The number of hydrogen-bond acceptors (Lipinski definition) is 5. The second kappa shape index (κ2) is 8.32. The van der Waals surface area contributed by atoms with Crippen molar-refractivity contribution < 1.29 is 4.79 Å². The van der Waals surface area contributed by atoms with E-state index in [-0.39, 0.29) is 29.3 Å². The number of nitrogens with zero attached hydrogens (tertiary/aromatic N) is 3. The van der Waals surface area contributed by atoms with Gasteiger partial charge in [0.15, 0.2) is 5.16 Å². The molecule has 0 spiro atoms. The zero-order chi connectivity index (χ0) is 20.5. The number of para-hydroxylation sites is 1. The minimum absolute atomic E-state index is 0.0241. The van der Waals surface area contributed by atoms with Gasteiger partial charge in [-0.15, -0.1) is 11.3 Å². The predicted octanol–water partition coefficient (Wildman–Crippen LogP) is 4.67. The number of carbonyl (C=O) groups excluding carboxylic acids is 1. The van der Waals surface area contributed by atoms with Crippen molar-refractivity contribution >= 4 is 39.9 Å². The number of thiophene rings is 1. The summed E-state index contributed by atoms with van der Waals surface area (Å²) in [6.45, 7) is 6.83. The SMILES string of the molecule is CCC1c2ccsc2CCN1C(=O)CSc1nc2ccccc2c(=O)n1C(C)C. The van der Waals surface area contributed by atoms with E-state index in [0.717, 1.165) is 19.4 Å². The highest BCUT2D eigenvalue weighted by atomic mass is 32.2. The van der Waals surface area contributed by atoms with Crippen LogP contribution >= 0.6 is 23.1 Å². The van der Waals surface area contributed by atoms with Gasteiger partial charge in [-0.2, -0.15) is 0 Å². The van der Waals surface area contributed by atoms with Gasteiger partial charge in [0, 0.05) is 17.5 Å². The molecule has 1 amide bonds. The van der Waals surface area contributed by atoms with E-state index in [1.165, 1.54) is 22.2 Å². The third kappa shape index (κ3) is 3.73. The first kappa shape index (κ1) is 20.2. The normalized spacial score (nSPS) is 16.4. The summed E-state index contributed by atoms with van der Waals surface area (Å²) in [6, 6.07) is 9.67. The number of thioether (sulfide) groups is 1. The van der Waals surface area contributed by atoms with E-state index in [9.17, 15) is 9.59 Å². The molecule has 1 atom stereocenters. The quantitative estimate of drug-likeness (QED) is 0.439. The minimum Gasteiger partial charge on any atom is -0.335 e. The number of aromatic nitrogens is 2. The van der Waals surface area contributed by atoms with Gasteiger partial charge in [0.25, 0.3) is 5.56 Å². The van der Waals surface area contributed by atoms with Gasteiger partial charge in [0.05, 0.1) is 22.7 Å². The summed E-state index contributed by atoms with van der Waals surface area (Å²) < 4.78 is 1.70. The zero-order valence-electron chi connectivity index (χ0n) is 16.9. The van der Waals surface area contributed by atoms with Crippen molar-refractivity contribution in [2.45, 2.75) is 50.9 Å². The van der Waals surface area contributed by atoms with E-state index in [0.29, 0.717) is 16.1 Å². The van der Waals surface area contributed by atoms with E-state index >= 15 is 0 Å². The van der Waals surface area contributed by atoms with E-state index < -0.39 is 0 Å². The Morgan fingerprint density at radius 3 is 2.86 bits per heavy atom. The van der Waals surface area contributed by atoms with Crippen molar-refractivity contribution in [2.24, 2.45) is 0 Å². The number of benzene rings is 1. The largest absolute Gasteiger partial charge is 0.335 e. The van der Waals surface area contributed by atoms with Crippen molar-refractivity contribution in [1.82, 2.24) is 14.5 Å². The van der Waals surface area contributed by atoms with E-state index in [1.54, 1.807) is 22.0 Å². The van der Waals surface area contributed by atoms with Crippen LogP contribution in [0.2, 0.25) is 0 Å². The minimum atomic E-state index is -0.0483. The van der Waals surface area contributed by atoms with Crippen LogP contribution in [0.15, 0.2) is 45.7 Å². The molecule has 5 nitrogen and oxygen atoms in total. The van der Waals surface area contributed by atoms with Crippen LogP contribution in [-0.4, -0.2) is 32.7 Å². The topological polar surface area (TPSA) is 55.2 Å². The van der Waals surface area contributed by atoms with Crippen LogP contribution in [0.5, 0.6) is 0 Å². The first-order valence-electron chi connectivity index (χ1n) is 10.0. The standard InChI is InChI=1S/C22H25N3O2S2/c1-4-18-16-10-12-28-19(16)9-11-24(18)20(26)13-29-22-23-17-8-6-5-7-15(17)21(27)25(22)14(2)3/h5-8,10,12,14,18H,4,9,11,13H2,1-3H3. The third-order valence-electron chi connectivity index (χ3n) is 5.42. The molecule has 1 aliphatic rings. The first-order valence-corrected chi connectivity index (χ1v) is 11.9. The summed E-state index contributed by atoms with van der Waals surface area (Å²) in [4.78, 5) is 34.2. The highest BCUT2D eigenvalue weighted by molar-refractivity contribution is 7.99. The lowest BCUT2D eigenvalue weighted by atomic mass is 9.98. The smallest absolute Gasteiger partial charge is 0.262 e. The summed E-state index contributed by atoms with van der Waals surface area (Å²) in [5.74, 6) is 0.393. The van der Waals surface area contributed by atoms with E-state index in [1.807, 2.05) is 36.9 Å². The Kier molecular flexibility index (Phi) is 5.79. The maximum atomic E-state index is 13.1. The van der Waals surface area contributed by atoms with Gasteiger partial charge in [-0.3, -0.25) is 14.2 Å². The van der Waals surface area contributed by atoms with Gasteiger partial charge < -0.3 is 4.90 Å². The summed E-state index contributed by atoms with van der Waals surface area (Å²) in [5, 5.41) is 3.35. The number of rotatable bonds is 5. The monoisotopic (exact) mass is 427 g/mol. The summed E-state index contributed by atoms with van der Waals surface area (Å²) >= 11 is 3.15. The molecule has 0 N–H and O–H groups in total. The lowest BCUT2D eigenvalue weighted by Gasteiger charge is -2.35. The number of hydrogen-bond donors (Lipinski definition) is 0. The molecule has 1 unspecified atom stereocenters. The lowest BCUT2D eigenvalue weighted by molar-refractivity contribution is -0.131. The van der Waals surface area contributed by atoms with Gasteiger partial charge in [0.2, 0.25) is 5.91 Å². The first-order chi connectivity index (χ1) is 14.0. The van der Waals surface area contributed by atoms with Crippen LogP contribution in [0, 0.1) is 0 Å². The van der Waals surface area contributed by atoms with Crippen molar-refractivity contribution in [2.75, 3.05) is 12.3 Å². The Hall–Kier alpha value is -2.12. The molecule has 2 aromatic heterocycles. The van der Waals surface area contributed by atoms with E-state index in [2.05, 4.69) is 18.4 Å². The van der Waals surface area contributed by atoms with Gasteiger partial charge in [-0.05, 0) is 55.8 Å². The van der Waals surface area contributed by atoms with Crippen molar-refractivity contribution in [3.8, 4) is 0 Å². The number of carbonyl (C=O) groups is 1. The van der Waals surface area contributed by atoms with Crippen LogP contribution in [0.25, 0.3) is 10.9 Å². The second-order valence-electron chi connectivity index (χ2n) is 7.53. The van der Waals surface area contributed by atoms with Crippen molar-refractivity contribution in [3.05, 3.63) is 56.5 Å². The molecule has 29 heavy (non-hydrogen) atoms. The average molecular weight is 428 g/mol. The number of amides is 1. The molecule has 7 heteroatoms. The molecule has 0 radical (unpaired) electrons. The summed E-state index contributed by atoms with van der Waals surface area (Å²) in [6.07, 6.45) is 1.83. The van der Waals surface area contributed by atoms with Gasteiger partial charge in [-0.25, -0.2) is 4.98 Å². The molecule has 0 bridgehead atoms. The predicted molar refractivity (Wildman–Crippen MR) is 120 cm³/mol. The Labute approximate surface area is 178 Å². The van der Waals surface area contributed by atoms with Crippen LogP contribution in [-0.2, 0) is 11.2 Å². The van der Waals surface area contributed by atoms with Crippen LogP contribution in [0.1, 0.15) is 49.7 Å². The Bertz CT molecular complexity index is 1100. The Morgan fingerprint density at radius 2 is 2.10 bits per heavy atom. The molecule has 0 saturated heterocycles. The average Bonchev–Trinajstić information content (AvgIpc) is 3.20. The molecular weight excluding hydrogens is 402 g/mol. The summed E-state index contributed by atoms with van der Waals surface area (Å²) in [5.41, 5.74) is 1.93. The number of fused-ring (bicyclic) bond motifs is 2. The lowest BCUT2D eigenvalue weighted by Crippen LogP contribution is -2.40. The van der Waals surface area contributed by atoms with Gasteiger partial charge in [0.1, 0.15) is 0 Å². The van der Waals surface area contributed by atoms with Gasteiger partial charge in [-0.1, -0.05) is 30.8 Å².